The largest absolute Gasteiger partial charge is 0.339 e. The highest BCUT2D eigenvalue weighted by Gasteiger charge is 2.26. The van der Waals surface area contributed by atoms with Gasteiger partial charge in [0, 0.05) is 13.1 Å². The van der Waals surface area contributed by atoms with E-state index >= 15 is 0 Å². The van der Waals surface area contributed by atoms with Gasteiger partial charge in [0.05, 0.1) is 0 Å². The highest BCUT2D eigenvalue weighted by molar-refractivity contribution is 5.87. The second kappa shape index (κ2) is 12.7. The van der Waals surface area contributed by atoms with Crippen LogP contribution in [0.25, 0.3) is 11.1 Å². The van der Waals surface area contributed by atoms with E-state index in [9.17, 15) is 4.79 Å². The molecule has 2 aliphatic carbocycles. The van der Waals surface area contributed by atoms with Crippen molar-refractivity contribution in [1.29, 1.82) is 0 Å². The van der Waals surface area contributed by atoms with Crippen molar-refractivity contribution in [2.45, 2.75) is 109 Å². The van der Waals surface area contributed by atoms with Crippen molar-refractivity contribution in [1.82, 2.24) is 4.90 Å². The summed E-state index contributed by atoms with van der Waals surface area (Å²) in [7, 11) is 1.91. The van der Waals surface area contributed by atoms with Crippen LogP contribution >= 0.6 is 0 Å². The molecule has 0 spiro atoms. The number of carbonyl (C=O) groups is 1. The van der Waals surface area contributed by atoms with Gasteiger partial charge in [-0.2, -0.15) is 0 Å². The predicted molar refractivity (Wildman–Crippen MR) is 153 cm³/mol. The average Bonchev–Trinajstić information content (AvgIpc) is 2.93. The topological polar surface area (TPSA) is 20.3 Å². The monoisotopic (exact) mass is 485 g/mol. The van der Waals surface area contributed by atoms with Crippen molar-refractivity contribution in [2.24, 2.45) is 5.92 Å². The quantitative estimate of drug-likeness (QED) is 0.256. The van der Waals surface area contributed by atoms with Gasteiger partial charge in [0.15, 0.2) is 0 Å². The average molecular weight is 486 g/mol. The van der Waals surface area contributed by atoms with E-state index in [1.807, 2.05) is 11.9 Å². The van der Waals surface area contributed by atoms with Crippen LogP contribution in [-0.2, 0) is 4.79 Å². The molecule has 2 nitrogen and oxygen atoms in total. The highest BCUT2D eigenvalue weighted by Crippen LogP contribution is 2.40. The number of rotatable bonds is 9. The molecule has 2 aliphatic rings. The molecule has 2 saturated carbocycles. The Morgan fingerprint density at radius 2 is 1.50 bits per heavy atom. The van der Waals surface area contributed by atoms with Crippen LogP contribution in [0.1, 0.15) is 112 Å². The van der Waals surface area contributed by atoms with Crippen LogP contribution in [0.2, 0.25) is 0 Å². The lowest BCUT2D eigenvalue weighted by atomic mass is 9.76. The first kappa shape index (κ1) is 26.7. The van der Waals surface area contributed by atoms with Gasteiger partial charge >= 0.3 is 0 Å². The van der Waals surface area contributed by atoms with Gasteiger partial charge < -0.3 is 4.90 Å². The molecule has 0 unspecified atom stereocenters. The Hall–Kier alpha value is -2.35. The Balaban J connectivity index is 1.33. The lowest BCUT2D eigenvalue weighted by molar-refractivity contribution is -0.127. The normalized spacial score (nSPS) is 24.3. The van der Waals surface area contributed by atoms with Gasteiger partial charge in [-0.05, 0) is 110 Å². The van der Waals surface area contributed by atoms with Gasteiger partial charge in [-0.1, -0.05) is 81.7 Å². The summed E-state index contributed by atoms with van der Waals surface area (Å²) in [6, 6.07) is 16.9. The van der Waals surface area contributed by atoms with Crippen LogP contribution in [0.15, 0.2) is 55.1 Å². The maximum Gasteiger partial charge on any atom is 0.245 e. The van der Waals surface area contributed by atoms with Crippen LogP contribution in [0.5, 0.6) is 0 Å². The maximum atomic E-state index is 11.9. The van der Waals surface area contributed by atoms with E-state index in [4.69, 9.17) is 0 Å². The molecule has 0 atom stereocenters. The summed E-state index contributed by atoms with van der Waals surface area (Å²) >= 11 is 0. The molecule has 2 fully saturated rings. The Morgan fingerprint density at radius 1 is 0.889 bits per heavy atom. The van der Waals surface area contributed by atoms with E-state index in [2.05, 4.69) is 62.9 Å². The molecular formula is C34H47NO. The summed E-state index contributed by atoms with van der Waals surface area (Å²) in [4.78, 5) is 13.8. The number of likely N-dealkylation sites (N-methyl/N-ethyl adjacent to an activating group) is 1. The van der Waals surface area contributed by atoms with Gasteiger partial charge in [-0.25, -0.2) is 0 Å². The molecule has 36 heavy (non-hydrogen) atoms. The fraction of sp³-hybridized carbons (Fsp3) is 0.559. The second-order valence-electron chi connectivity index (χ2n) is 11.6. The van der Waals surface area contributed by atoms with Crippen LogP contribution in [-0.4, -0.2) is 23.9 Å². The molecule has 0 bridgehead atoms. The van der Waals surface area contributed by atoms with E-state index in [1.165, 1.54) is 79.7 Å². The van der Waals surface area contributed by atoms with Gasteiger partial charge in [0.2, 0.25) is 5.91 Å². The standard InChI is InChI=1S/C34H47NO/c1-5-7-8-9-26-10-12-29(13-11-26)31-20-23-33(25(3)24-31)30-16-14-27(15-17-30)28-18-21-32(22-19-28)35(4)34(36)6-2/h6,14-17,20,23-24,26,28-29,32H,2,5,7-13,18-19,21-22H2,1,3-4H3. The summed E-state index contributed by atoms with van der Waals surface area (Å²) in [5, 5.41) is 0. The molecule has 2 aromatic carbocycles. The summed E-state index contributed by atoms with van der Waals surface area (Å²) in [6.45, 7) is 8.22. The summed E-state index contributed by atoms with van der Waals surface area (Å²) < 4.78 is 0. The third-order valence-electron chi connectivity index (χ3n) is 9.24. The molecule has 2 aromatic rings. The molecule has 0 heterocycles. The van der Waals surface area contributed by atoms with Crippen molar-refractivity contribution in [2.75, 3.05) is 7.05 Å². The van der Waals surface area contributed by atoms with Crippen molar-refractivity contribution in [3.05, 3.63) is 71.8 Å². The smallest absolute Gasteiger partial charge is 0.245 e. The van der Waals surface area contributed by atoms with E-state index in [0.29, 0.717) is 12.0 Å². The van der Waals surface area contributed by atoms with Crippen LogP contribution in [0, 0.1) is 12.8 Å². The van der Waals surface area contributed by atoms with Crippen LogP contribution in [0.3, 0.4) is 0 Å². The Bertz CT molecular complexity index is 990. The third-order valence-corrected chi connectivity index (χ3v) is 9.24. The zero-order valence-electron chi connectivity index (χ0n) is 23.0. The van der Waals surface area contributed by atoms with Crippen LogP contribution in [0.4, 0.5) is 0 Å². The number of hydrogen-bond acceptors (Lipinski definition) is 1. The second-order valence-corrected chi connectivity index (χ2v) is 11.6. The molecule has 2 heteroatoms. The first-order valence-corrected chi connectivity index (χ1v) is 14.6. The Kier molecular flexibility index (Phi) is 9.46. The number of amides is 1. The molecular weight excluding hydrogens is 438 g/mol. The fourth-order valence-electron chi connectivity index (χ4n) is 6.79. The van der Waals surface area contributed by atoms with Crippen molar-refractivity contribution in [3.63, 3.8) is 0 Å². The molecule has 0 saturated heterocycles. The Labute approximate surface area is 220 Å². The number of unbranched alkanes of at least 4 members (excludes halogenated alkanes) is 2. The first-order valence-electron chi connectivity index (χ1n) is 14.6. The molecule has 0 aromatic heterocycles. The third kappa shape index (κ3) is 6.50. The lowest BCUT2D eigenvalue weighted by Gasteiger charge is -2.34. The molecule has 0 N–H and O–H groups in total. The van der Waals surface area contributed by atoms with E-state index in [-0.39, 0.29) is 5.91 Å². The minimum Gasteiger partial charge on any atom is -0.339 e. The number of benzene rings is 2. The minimum atomic E-state index is 0.0410. The molecule has 194 valence electrons. The SMILES string of the molecule is C=CC(=O)N(C)C1CCC(c2ccc(-c3ccc(C4CCC(CCCCC)CC4)cc3C)cc2)CC1. The van der Waals surface area contributed by atoms with E-state index in [0.717, 1.165) is 37.5 Å². The van der Waals surface area contributed by atoms with Crippen molar-refractivity contribution >= 4 is 5.91 Å². The summed E-state index contributed by atoms with van der Waals surface area (Å²) in [6.07, 6.45) is 17.0. The van der Waals surface area contributed by atoms with Gasteiger partial charge in [0.25, 0.3) is 0 Å². The Morgan fingerprint density at radius 3 is 2.11 bits per heavy atom. The van der Waals surface area contributed by atoms with Gasteiger partial charge in [-0.3, -0.25) is 4.79 Å². The van der Waals surface area contributed by atoms with E-state index in [1.54, 1.807) is 5.56 Å². The number of carbonyl (C=O) groups excluding carboxylic acids is 1. The molecule has 0 aliphatic heterocycles. The lowest BCUT2D eigenvalue weighted by Crippen LogP contribution is -2.38. The minimum absolute atomic E-state index is 0.0410. The summed E-state index contributed by atoms with van der Waals surface area (Å²) in [5.41, 5.74) is 7.09. The molecule has 0 radical (unpaired) electrons. The number of hydrogen-bond donors (Lipinski definition) is 0. The van der Waals surface area contributed by atoms with Crippen molar-refractivity contribution in [3.8, 4) is 11.1 Å². The number of aryl methyl sites for hydroxylation is 1. The van der Waals surface area contributed by atoms with Crippen molar-refractivity contribution < 1.29 is 4.79 Å². The maximum absolute atomic E-state index is 11.9. The van der Waals surface area contributed by atoms with Gasteiger partial charge in [0.1, 0.15) is 0 Å². The van der Waals surface area contributed by atoms with E-state index < -0.39 is 0 Å². The highest BCUT2D eigenvalue weighted by atomic mass is 16.2. The molecule has 4 rings (SSSR count). The summed E-state index contributed by atoms with van der Waals surface area (Å²) in [5.74, 6) is 2.36. The predicted octanol–water partition coefficient (Wildman–Crippen LogP) is 9.19. The first-order chi connectivity index (χ1) is 17.5. The zero-order chi connectivity index (χ0) is 25.5. The fourth-order valence-corrected chi connectivity index (χ4v) is 6.79. The van der Waals surface area contributed by atoms with Gasteiger partial charge in [-0.15, -0.1) is 0 Å². The molecule has 1 amide bonds. The zero-order valence-corrected chi connectivity index (χ0v) is 23.0. The van der Waals surface area contributed by atoms with Crippen LogP contribution < -0.4 is 0 Å². The number of nitrogens with zero attached hydrogens (tertiary/aromatic N) is 1.